The van der Waals surface area contributed by atoms with Gasteiger partial charge in [-0.1, -0.05) is 38.6 Å². The minimum atomic E-state index is -1.10. The fourth-order valence-corrected chi connectivity index (χ4v) is 1.71. The van der Waals surface area contributed by atoms with E-state index in [4.69, 9.17) is 19.3 Å². The third-order valence-corrected chi connectivity index (χ3v) is 2.94. The van der Waals surface area contributed by atoms with Crippen LogP contribution in [0.1, 0.15) is 32.3 Å². The maximum Gasteiger partial charge on any atom is 0.330 e. The Morgan fingerprint density at radius 1 is 1.15 bits per heavy atom. The van der Waals surface area contributed by atoms with Crippen molar-refractivity contribution in [3.8, 4) is 5.75 Å². The molecule has 0 aliphatic rings. The third-order valence-electron chi connectivity index (χ3n) is 2.94. The number of hydrogen-bond donors (Lipinski definition) is 1. The van der Waals surface area contributed by atoms with Gasteiger partial charge in [0.2, 0.25) is 0 Å². The monoisotopic (exact) mass is 366 g/mol. The maximum absolute atomic E-state index is 11.6. The Morgan fingerprint density at radius 2 is 1.81 bits per heavy atom. The zero-order valence-electron chi connectivity index (χ0n) is 15.4. The van der Waals surface area contributed by atoms with E-state index in [1.807, 2.05) is 32.9 Å². The molecule has 1 rings (SSSR count). The van der Waals surface area contributed by atoms with Crippen LogP contribution in [0.5, 0.6) is 5.75 Å². The molecule has 1 aromatic carbocycles. The lowest BCUT2D eigenvalue weighted by atomic mass is 10.2. The highest BCUT2D eigenvalue weighted by Crippen LogP contribution is 2.16. The third kappa shape index (κ3) is 10.1. The lowest BCUT2D eigenvalue weighted by Gasteiger charge is -2.19. The van der Waals surface area contributed by atoms with Crippen LogP contribution in [0.3, 0.4) is 0 Å². The number of esters is 2. The first kappa shape index (κ1) is 23.2. The fourth-order valence-electron chi connectivity index (χ4n) is 1.71. The first-order valence-electron chi connectivity index (χ1n) is 8.31. The molecule has 1 atom stereocenters. The Morgan fingerprint density at radius 3 is 2.38 bits per heavy atom. The normalized spacial score (nSPS) is 10.6. The van der Waals surface area contributed by atoms with Crippen molar-refractivity contribution in [2.24, 2.45) is 0 Å². The van der Waals surface area contributed by atoms with Crippen LogP contribution in [0.15, 0.2) is 36.9 Å². The van der Waals surface area contributed by atoms with E-state index in [0.717, 1.165) is 11.6 Å². The molecule has 1 N–H and O–H groups in total. The number of hydrogen-bond acceptors (Lipinski definition) is 6. The molecule has 7 heteroatoms. The second-order valence-corrected chi connectivity index (χ2v) is 4.92. The van der Waals surface area contributed by atoms with E-state index in [-0.39, 0.29) is 26.1 Å². The van der Waals surface area contributed by atoms with Crippen molar-refractivity contribution >= 4 is 17.9 Å². The van der Waals surface area contributed by atoms with Gasteiger partial charge in [-0.05, 0) is 18.6 Å². The number of aryl methyl sites for hydroxylation is 1. The summed E-state index contributed by atoms with van der Waals surface area (Å²) < 4.78 is 15.6. The molecule has 0 radical (unpaired) electrons. The van der Waals surface area contributed by atoms with Crippen LogP contribution in [0, 0.1) is 6.92 Å². The quantitative estimate of drug-likeness (QED) is 0.502. The summed E-state index contributed by atoms with van der Waals surface area (Å²) in [5, 5.41) is 8.57. The van der Waals surface area contributed by atoms with Gasteiger partial charge in [0.1, 0.15) is 19.0 Å². The van der Waals surface area contributed by atoms with Crippen molar-refractivity contribution < 1.29 is 33.7 Å². The molecule has 0 fully saturated rings. The Hall–Kier alpha value is -2.83. The van der Waals surface area contributed by atoms with Crippen LogP contribution in [0.25, 0.3) is 0 Å². The zero-order valence-corrected chi connectivity index (χ0v) is 15.4. The maximum atomic E-state index is 11.6. The number of benzene rings is 1. The number of carbonyl (C=O) groups is 3. The molecule has 144 valence electrons. The average molecular weight is 366 g/mol. The van der Waals surface area contributed by atoms with Gasteiger partial charge in [0, 0.05) is 6.08 Å². The van der Waals surface area contributed by atoms with Crippen LogP contribution in [-0.2, 0) is 23.9 Å². The number of carbonyl (C=O) groups excluding carboxylic acids is 2. The van der Waals surface area contributed by atoms with Crippen LogP contribution >= 0.6 is 0 Å². The van der Waals surface area contributed by atoms with Gasteiger partial charge in [-0.3, -0.25) is 9.59 Å². The molecule has 0 aliphatic carbocycles. The number of carboxylic acids is 1. The van der Waals surface area contributed by atoms with Crippen molar-refractivity contribution in [2.75, 3.05) is 13.2 Å². The minimum Gasteiger partial charge on any atom is -0.489 e. The summed E-state index contributed by atoms with van der Waals surface area (Å²) in [4.78, 5) is 33.3. The summed E-state index contributed by atoms with van der Waals surface area (Å²) in [6.07, 6.45) is -0.469. The van der Waals surface area contributed by atoms with E-state index in [1.165, 1.54) is 0 Å². The molecule has 0 spiro atoms. The number of para-hydroxylation sites is 1. The first-order chi connectivity index (χ1) is 12.4. The van der Waals surface area contributed by atoms with E-state index < -0.39 is 24.0 Å². The van der Waals surface area contributed by atoms with E-state index >= 15 is 0 Å². The topological polar surface area (TPSA) is 99.1 Å². The van der Waals surface area contributed by atoms with Gasteiger partial charge in [0.15, 0.2) is 6.10 Å². The highest BCUT2D eigenvalue weighted by Gasteiger charge is 2.18. The van der Waals surface area contributed by atoms with Crippen LogP contribution < -0.4 is 4.74 Å². The summed E-state index contributed by atoms with van der Waals surface area (Å²) in [6.45, 7) is 8.89. The largest absolute Gasteiger partial charge is 0.489 e. The highest BCUT2D eigenvalue weighted by atomic mass is 16.6. The molecular formula is C19H26O7. The average Bonchev–Trinajstić information content (AvgIpc) is 2.64. The van der Waals surface area contributed by atoms with Gasteiger partial charge in [-0.25, -0.2) is 4.79 Å². The van der Waals surface area contributed by atoms with Crippen molar-refractivity contribution in [3.63, 3.8) is 0 Å². The van der Waals surface area contributed by atoms with Crippen LogP contribution in [0.2, 0.25) is 0 Å². The second kappa shape index (κ2) is 13.5. The molecule has 0 heterocycles. The van der Waals surface area contributed by atoms with Crippen molar-refractivity contribution in [1.29, 1.82) is 0 Å². The number of ether oxygens (including phenoxy) is 3. The standard InChI is InChI=1S/C17H20O7.C2H6/c1-3-16(20)23-11-13(24-17(21)9-8-15(18)19)10-22-14-7-5-4-6-12(14)2;1-2/h3-7,13H,1,8-11H2,2H3,(H,18,19);1-2H3. The van der Waals surface area contributed by atoms with E-state index in [0.29, 0.717) is 5.75 Å². The number of carboxylic acid groups (broad SMARTS) is 1. The molecule has 0 amide bonds. The highest BCUT2D eigenvalue weighted by molar-refractivity contribution is 5.81. The van der Waals surface area contributed by atoms with Gasteiger partial charge in [0.05, 0.1) is 12.8 Å². The van der Waals surface area contributed by atoms with E-state index in [1.54, 1.807) is 12.1 Å². The molecule has 26 heavy (non-hydrogen) atoms. The summed E-state index contributed by atoms with van der Waals surface area (Å²) in [6, 6.07) is 7.28. The summed E-state index contributed by atoms with van der Waals surface area (Å²) in [7, 11) is 0. The zero-order chi connectivity index (χ0) is 19.9. The Balaban J connectivity index is 0.00000301. The molecular weight excluding hydrogens is 340 g/mol. The number of rotatable bonds is 10. The molecule has 1 aromatic rings. The van der Waals surface area contributed by atoms with Gasteiger partial charge in [-0.15, -0.1) is 0 Å². The van der Waals surface area contributed by atoms with Gasteiger partial charge in [-0.2, -0.15) is 0 Å². The predicted octanol–water partition coefficient (Wildman–Crippen LogP) is 2.91. The molecule has 0 saturated carbocycles. The van der Waals surface area contributed by atoms with Crippen LogP contribution in [0.4, 0.5) is 0 Å². The Kier molecular flexibility index (Phi) is 12.0. The molecule has 1 unspecified atom stereocenters. The lowest BCUT2D eigenvalue weighted by molar-refractivity contribution is -0.159. The van der Waals surface area contributed by atoms with Gasteiger partial charge >= 0.3 is 17.9 Å². The lowest BCUT2D eigenvalue weighted by Crippen LogP contribution is -2.31. The van der Waals surface area contributed by atoms with Crippen molar-refractivity contribution in [3.05, 3.63) is 42.5 Å². The molecule has 0 bridgehead atoms. The number of aliphatic carboxylic acids is 1. The van der Waals surface area contributed by atoms with Crippen LogP contribution in [-0.4, -0.2) is 42.3 Å². The van der Waals surface area contributed by atoms with Gasteiger partial charge < -0.3 is 19.3 Å². The summed E-state index contributed by atoms with van der Waals surface area (Å²) >= 11 is 0. The molecule has 7 nitrogen and oxygen atoms in total. The molecule has 0 aliphatic heterocycles. The Bertz CT molecular complexity index is 595. The minimum absolute atomic E-state index is 0.0336. The Labute approximate surface area is 153 Å². The SMILES string of the molecule is C=CC(=O)OCC(COc1ccccc1C)OC(=O)CCC(=O)O.CC. The van der Waals surface area contributed by atoms with Crippen molar-refractivity contribution in [2.45, 2.75) is 39.7 Å². The summed E-state index contributed by atoms with van der Waals surface area (Å²) in [5.74, 6) is -1.85. The fraction of sp³-hybridized carbons (Fsp3) is 0.421. The van der Waals surface area contributed by atoms with Gasteiger partial charge in [0.25, 0.3) is 0 Å². The predicted molar refractivity (Wildman–Crippen MR) is 95.9 cm³/mol. The molecule has 0 saturated heterocycles. The smallest absolute Gasteiger partial charge is 0.330 e. The van der Waals surface area contributed by atoms with Crippen molar-refractivity contribution in [1.82, 2.24) is 0 Å². The van der Waals surface area contributed by atoms with E-state index in [2.05, 4.69) is 6.58 Å². The summed E-state index contributed by atoms with van der Waals surface area (Å²) in [5.41, 5.74) is 0.900. The first-order valence-corrected chi connectivity index (χ1v) is 8.31. The molecule has 0 aromatic heterocycles. The van der Waals surface area contributed by atoms with E-state index in [9.17, 15) is 14.4 Å². The second-order valence-electron chi connectivity index (χ2n) is 4.92.